The molecule has 2 saturated heterocycles. The Morgan fingerprint density at radius 3 is 1.72 bits per heavy atom. The number of nitrogens with two attached hydrogens (primary N) is 3. The van der Waals surface area contributed by atoms with E-state index in [2.05, 4.69) is 62.8 Å². The number of likely N-dealkylation sites (N-methyl/N-ethyl adjacent to an activating group) is 3. The van der Waals surface area contributed by atoms with Gasteiger partial charge in [0.15, 0.2) is 5.78 Å². The van der Waals surface area contributed by atoms with E-state index in [1.165, 1.54) is 68.3 Å². The molecule has 9 rings (SSSR count). The predicted molar refractivity (Wildman–Crippen MR) is 513 cm³/mol. The molecule has 0 unspecified atom stereocenters. The van der Waals surface area contributed by atoms with E-state index in [1.807, 2.05) is 26.0 Å². The minimum atomic E-state index is -1.80. The van der Waals surface area contributed by atoms with Crippen LogP contribution in [0, 0.1) is 11.8 Å². The van der Waals surface area contributed by atoms with Crippen LogP contribution in [0.5, 0.6) is 5.75 Å². The molecule has 2 aliphatic rings. The fourth-order valence-corrected chi connectivity index (χ4v) is 17.8. The molecule has 7 aromatic rings. The number of aromatic hydroxyl groups is 1. The van der Waals surface area contributed by atoms with Crippen molar-refractivity contribution in [2.75, 3.05) is 58.8 Å². The van der Waals surface area contributed by atoms with Crippen molar-refractivity contribution >= 4 is 140 Å². The Kier molecular flexibility index (Phi) is 40.9. The number of amides is 16. The van der Waals surface area contributed by atoms with Gasteiger partial charge in [0, 0.05) is 124 Å². The molecule has 0 bridgehead atoms. The molecule has 744 valence electrons. The van der Waals surface area contributed by atoms with Gasteiger partial charge in [0.1, 0.15) is 78.3 Å². The minimum absolute atomic E-state index is 0.0371. The number of nitrogens with one attached hydrogen (secondary N) is 12. The van der Waals surface area contributed by atoms with Crippen molar-refractivity contribution in [3.8, 4) is 5.75 Å². The van der Waals surface area contributed by atoms with Gasteiger partial charge < -0.3 is 115 Å². The molecule has 0 saturated carbocycles. The number of carboxylic acid groups (broad SMARTS) is 1. The number of ketones is 1. The number of fused-ring (bicyclic) bond motifs is 3. The zero-order valence-electron chi connectivity index (χ0n) is 79.1. The largest absolute Gasteiger partial charge is 0.508 e. The maximum Gasteiger partial charge on any atom is 0.303 e. The van der Waals surface area contributed by atoms with Gasteiger partial charge in [0.25, 0.3) is 0 Å². The summed E-state index contributed by atoms with van der Waals surface area (Å²) in [5.41, 5.74) is 21.2. The number of carbonyl (C=O) groups is 18. The number of aromatic nitrogens is 3. The molecule has 13 atom stereocenters. The highest BCUT2D eigenvalue weighted by Crippen LogP contribution is 2.28. The number of phenols is 1. The summed E-state index contributed by atoms with van der Waals surface area (Å²) in [5, 5.41) is 46.0. The van der Waals surface area contributed by atoms with Crippen molar-refractivity contribution in [1.29, 1.82) is 0 Å². The number of hydrogen-bond donors (Lipinski definition) is 17. The number of rotatable bonds is 28. The number of primary amides is 2. The van der Waals surface area contributed by atoms with E-state index in [0.29, 0.717) is 75.4 Å². The highest BCUT2D eigenvalue weighted by molar-refractivity contribution is 8.00. The number of benzene rings is 4. The number of carboxylic acids is 1. The summed E-state index contributed by atoms with van der Waals surface area (Å²) in [7, 11) is 4.01. The first-order chi connectivity index (χ1) is 65.9. The molecular formula is C97H130N20O20S. The van der Waals surface area contributed by atoms with Crippen LogP contribution >= 0.6 is 11.8 Å². The minimum Gasteiger partial charge on any atom is -0.508 e. The molecule has 16 amide bonds. The number of aliphatic carboxylic acids is 1. The molecule has 138 heavy (non-hydrogen) atoms. The van der Waals surface area contributed by atoms with E-state index in [0.717, 1.165) is 26.5 Å². The van der Waals surface area contributed by atoms with E-state index in [-0.39, 0.29) is 95.5 Å². The predicted octanol–water partition coefficient (Wildman–Crippen LogP) is 1.79. The number of thioether (sulfide) groups is 1. The SMILES string of the molecule is CCCC[C@H]1C(=O)N(C)[C@@H](CCCC)C(=O)N[C@@H](CC(C)C)C(=O)N[C@H](C(=O)NCC(N)=O)CSCC(=O)N[C@@H](Cc2ccc(O)cc2)C(=O)N(C)[C@@H](C)C(=O)N[C@@H](CC(N)=O)C(=O)N2CCC[C@H]2C(=O)N[C@@H](Cc2ccc[nH]2)C(=O)N[C@@H](CCC(=O)O)C(=O)N(Cc2ccccc2)CC(=O)C[C@@H](Cc2c[nH]c3ccccc23)C(=O)N[C@@H](CCN)C(=O)N[C@@H](Cc2c[nH]c3ccccc23)C(=O)N1C. The molecule has 2 fully saturated rings. The van der Waals surface area contributed by atoms with Crippen LogP contribution in [0.15, 0.2) is 134 Å². The van der Waals surface area contributed by atoms with Gasteiger partial charge in [-0.05, 0) is 129 Å². The summed E-state index contributed by atoms with van der Waals surface area (Å²) in [6.45, 7) is 6.41. The van der Waals surface area contributed by atoms with Gasteiger partial charge in [-0.15, -0.1) is 11.8 Å². The molecule has 3 aromatic heterocycles. The Labute approximate surface area is 804 Å². The Hall–Kier alpha value is -14.0. The van der Waals surface area contributed by atoms with Crippen LogP contribution < -0.4 is 65.1 Å². The van der Waals surface area contributed by atoms with E-state index < -0.39 is 235 Å². The molecule has 2 aliphatic heterocycles. The fourth-order valence-electron chi connectivity index (χ4n) is 17.0. The smallest absolute Gasteiger partial charge is 0.303 e. The number of carbonyl (C=O) groups excluding carboxylic acids is 17. The standard InChI is InChI=1S/C97H130N20O20S/c1-9-11-29-78-91(131)108-72(42-56(3)4)89(129)112-77(87(127)104-51-82(100)121)54-138-55-83(122)105-74(43-58-32-34-64(118)35-33-58)93(133)113(6)57(5)85(125)110-76(48-81(99)120)96(136)117-41-21-31-79(117)92(132)109-73(47-63-24-20-40-101-63)90(130)107-71(36-37-84(123)124)95(135)116(52-59-22-14-13-15-23-59)53-65(119)45-60(44-61-49-102-68-27-18-16-25-66(61)68)86(126)106-70(38-39-98)88(128)111-75(46-62-50-103-69-28-19-17-26-67(62)69)94(134)115(8)80(30-12-10-2)97(137)114(78)7/h13-20,22-28,32-35,40,49-50,56-57,60,70-80,101-103,118H,9-12,21,29-31,36-39,41-48,51-55,98H2,1-8H3,(H2,99,120)(H2,100,121)(H,104,127)(H,105,122)(H,106,126)(H,107,130)(H,108,131)(H,109,132)(H,110,125)(H,111,128)(H,112,129)(H,123,124)/t57-,60+,70-,71-,72-,73-,74-,75-,76-,77-,78-,79-,80-/m0/s1. The van der Waals surface area contributed by atoms with Gasteiger partial charge in [0.05, 0.1) is 25.3 Å². The van der Waals surface area contributed by atoms with Crippen LogP contribution in [0.1, 0.15) is 152 Å². The lowest BCUT2D eigenvalue weighted by atomic mass is 9.92. The van der Waals surface area contributed by atoms with Crippen molar-refractivity contribution in [3.63, 3.8) is 0 Å². The van der Waals surface area contributed by atoms with Crippen molar-refractivity contribution in [2.45, 2.75) is 229 Å². The molecular weight excluding hydrogens is 1800 g/mol. The van der Waals surface area contributed by atoms with Gasteiger partial charge in [-0.2, -0.15) is 0 Å². The third-order valence-corrected chi connectivity index (χ3v) is 25.7. The third-order valence-electron chi connectivity index (χ3n) is 24.6. The number of nitrogens with zero attached hydrogens (tertiary/aromatic N) is 5. The molecule has 0 spiro atoms. The van der Waals surface area contributed by atoms with Crippen LogP contribution in [0.4, 0.5) is 0 Å². The molecule has 5 heterocycles. The van der Waals surface area contributed by atoms with Crippen LogP contribution in [0.2, 0.25) is 0 Å². The van der Waals surface area contributed by atoms with Crippen LogP contribution in [-0.4, -0.2) is 287 Å². The lowest BCUT2D eigenvalue weighted by molar-refractivity contribution is -0.149. The zero-order valence-corrected chi connectivity index (χ0v) is 79.9. The molecule has 0 radical (unpaired) electrons. The summed E-state index contributed by atoms with van der Waals surface area (Å²) in [6, 6.07) is 13.2. The lowest BCUT2D eigenvalue weighted by Gasteiger charge is -2.36. The Bertz CT molecular complexity index is 5440. The van der Waals surface area contributed by atoms with Gasteiger partial charge in [-0.3, -0.25) is 86.3 Å². The van der Waals surface area contributed by atoms with Crippen molar-refractivity contribution in [3.05, 3.63) is 162 Å². The summed E-state index contributed by atoms with van der Waals surface area (Å²) >= 11 is 0.796. The fraction of sp³-hybridized carbons (Fsp3) is 0.485. The van der Waals surface area contributed by atoms with E-state index in [4.69, 9.17) is 17.2 Å². The summed E-state index contributed by atoms with van der Waals surface area (Å²) in [4.78, 5) is 280. The number of phenolic OH excluding ortho intramolecular Hbond substituents is 1. The highest BCUT2D eigenvalue weighted by Gasteiger charge is 2.44. The highest BCUT2D eigenvalue weighted by atomic mass is 32.2. The average Bonchev–Trinajstić information content (AvgIpc) is 1.53. The average molecular weight is 1930 g/mol. The summed E-state index contributed by atoms with van der Waals surface area (Å²) < 4.78 is 0. The third kappa shape index (κ3) is 31.0. The Morgan fingerprint density at radius 2 is 1.10 bits per heavy atom. The first-order valence-corrected chi connectivity index (χ1v) is 47.7. The van der Waals surface area contributed by atoms with Gasteiger partial charge in [-0.1, -0.05) is 132 Å². The Morgan fingerprint density at radius 1 is 0.529 bits per heavy atom. The molecule has 20 N–H and O–H groups in total. The topological polar surface area (TPSA) is 598 Å². The van der Waals surface area contributed by atoms with Crippen LogP contribution in [0.25, 0.3) is 21.8 Å². The first-order valence-electron chi connectivity index (χ1n) is 46.6. The molecule has 4 aromatic carbocycles. The maximum absolute atomic E-state index is 15.9. The van der Waals surface area contributed by atoms with Gasteiger partial charge in [0.2, 0.25) is 94.5 Å². The second kappa shape index (κ2) is 52.4. The normalized spacial score (nSPS) is 23.1. The maximum atomic E-state index is 15.9. The van der Waals surface area contributed by atoms with Crippen LogP contribution in [-0.2, 0) is 119 Å². The van der Waals surface area contributed by atoms with Crippen molar-refractivity contribution in [1.82, 2.24) is 87.3 Å². The number of H-pyrrole nitrogens is 3. The molecule has 0 aliphatic carbocycles. The molecule has 40 nitrogen and oxygen atoms in total. The van der Waals surface area contributed by atoms with Gasteiger partial charge in [-0.25, -0.2) is 0 Å². The van der Waals surface area contributed by atoms with E-state index in [9.17, 15) is 58.2 Å². The number of para-hydroxylation sites is 2. The number of hydrogen-bond acceptors (Lipinski definition) is 21. The second-order valence-corrected chi connectivity index (χ2v) is 36.6. The number of Topliss-reactive ketones (excluding diaryl/α,β-unsaturated/α-hetero) is 1. The van der Waals surface area contributed by atoms with E-state index >= 15 is 38.4 Å². The summed E-state index contributed by atoms with van der Waals surface area (Å²) in [5.74, 6) is -19.4. The van der Waals surface area contributed by atoms with Gasteiger partial charge >= 0.3 is 5.97 Å². The quantitative estimate of drug-likeness (QED) is 0.0332. The zero-order chi connectivity index (χ0) is 101. The number of unbranched alkanes of at least 4 members (excludes halogenated alkanes) is 2. The second-order valence-electron chi connectivity index (χ2n) is 35.6. The van der Waals surface area contributed by atoms with Crippen LogP contribution in [0.3, 0.4) is 0 Å². The van der Waals surface area contributed by atoms with Crippen molar-refractivity contribution < 1.29 is 96.5 Å². The van der Waals surface area contributed by atoms with Crippen molar-refractivity contribution in [2.24, 2.45) is 29.0 Å². The lowest BCUT2D eigenvalue weighted by Crippen LogP contribution is -2.60. The van der Waals surface area contributed by atoms with E-state index in [1.54, 1.807) is 105 Å². The monoisotopic (exact) mass is 1930 g/mol. The Balaban J connectivity index is 1.12. The molecule has 41 heteroatoms. The summed E-state index contributed by atoms with van der Waals surface area (Å²) in [6.07, 6.45) is 2.86. The first kappa shape index (κ1) is 108. The number of aromatic amines is 3.